The number of rotatable bonds is 8. The van der Waals surface area contributed by atoms with E-state index in [4.69, 9.17) is 18.9 Å². The molecule has 8 nitrogen and oxygen atoms in total. The van der Waals surface area contributed by atoms with Crippen LogP contribution in [0, 0.1) is 18.3 Å². The number of fused-ring (bicyclic) bond motifs is 1. The normalized spacial score (nSPS) is 15.6. The first-order chi connectivity index (χ1) is 18.8. The minimum atomic E-state index is -1.56. The molecule has 1 unspecified atom stereocenters. The van der Waals surface area contributed by atoms with Gasteiger partial charge in [0, 0.05) is 23.7 Å². The van der Waals surface area contributed by atoms with E-state index >= 15 is 0 Å². The number of hydrogen-bond acceptors (Lipinski definition) is 7. The van der Waals surface area contributed by atoms with Gasteiger partial charge in [-0.25, -0.2) is 4.79 Å². The topological polar surface area (TPSA) is 98.1 Å². The second-order valence-corrected chi connectivity index (χ2v) is 9.02. The minimum Gasteiger partial charge on any atom is -0.496 e. The Kier molecular flexibility index (Phi) is 7.91. The molecule has 8 heteroatoms. The van der Waals surface area contributed by atoms with E-state index in [1.807, 2.05) is 19.1 Å². The summed E-state index contributed by atoms with van der Waals surface area (Å²) >= 11 is 0. The van der Waals surface area contributed by atoms with Crippen LogP contribution in [0.2, 0.25) is 0 Å². The summed E-state index contributed by atoms with van der Waals surface area (Å²) in [6.07, 6.45) is 3.33. The van der Waals surface area contributed by atoms with E-state index in [0.29, 0.717) is 39.5 Å². The van der Waals surface area contributed by atoms with Gasteiger partial charge in [-0.2, -0.15) is 5.26 Å². The molecule has 0 saturated heterocycles. The van der Waals surface area contributed by atoms with Gasteiger partial charge in [0.2, 0.25) is 0 Å². The fourth-order valence-electron chi connectivity index (χ4n) is 4.82. The van der Waals surface area contributed by atoms with E-state index in [1.54, 1.807) is 61.7 Å². The number of methoxy groups -OCH3 is 3. The van der Waals surface area contributed by atoms with E-state index in [1.165, 1.54) is 26.2 Å². The number of benzene rings is 3. The monoisotopic (exact) mass is 526 g/mol. The number of carbonyl (C=O) groups excluding carboxylic acids is 2. The van der Waals surface area contributed by atoms with Gasteiger partial charge in [-0.1, -0.05) is 29.8 Å². The molecule has 4 rings (SSSR count). The van der Waals surface area contributed by atoms with Crippen molar-refractivity contribution < 1.29 is 28.5 Å². The molecule has 1 atom stereocenters. The zero-order valence-electron chi connectivity index (χ0n) is 22.6. The number of aryl methyl sites for hydroxylation is 1. The van der Waals surface area contributed by atoms with Gasteiger partial charge in [-0.3, -0.25) is 9.69 Å². The van der Waals surface area contributed by atoms with Crippen LogP contribution in [0.3, 0.4) is 0 Å². The van der Waals surface area contributed by atoms with Crippen LogP contribution in [-0.4, -0.2) is 44.7 Å². The summed E-state index contributed by atoms with van der Waals surface area (Å²) in [6.45, 7) is 3.82. The van der Waals surface area contributed by atoms with Gasteiger partial charge < -0.3 is 18.9 Å². The first-order valence-corrected chi connectivity index (χ1v) is 12.4. The minimum absolute atomic E-state index is 0.0285. The highest BCUT2D eigenvalue weighted by Gasteiger charge is 2.46. The molecule has 0 bridgehead atoms. The molecule has 39 heavy (non-hydrogen) atoms. The second kappa shape index (κ2) is 11.3. The van der Waals surface area contributed by atoms with Gasteiger partial charge in [0.15, 0.2) is 17.0 Å². The van der Waals surface area contributed by atoms with Crippen LogP contribution in [0.15, 0.2) is 60.8 Å². The van der Waals surface area contributed by atoms with Gasteiger partial charge >= 0.3 is 5.97 Å². The maximum absolute atomic E-state index is 14.0. The lowest BCUT2D eigenvalue weighted by Gasteiger charge is -2.41. The molecule has 3 aromatic carbocycles. The summed E-state index contributed by atoms with van der Waals surface area (Å²) in [5.74, 6) is 0.265. The van der Waals surface area contributed by atoms with Crippen LogP contribution in [0.1, 0.15) is 49.9 Å². The zero-order chi connectivity index (χ0) is 28.2. The van der Waals surface area contributed by atoms with Crippen LogP contribution < -0.4 is 14.2 Å². The molecule has 1 amide bonds. The Labute approximate surface area is 228 Å². The molecule has 1 aliphatic rings. The largest absolute Gasteiger partial charge is 0.496 e. The summed E-state index contributed by atoms with van der Waals surface area (Å²) in [4.78, 5) is 28.4. The van der Waals surface area contributed by atoms with Crippen LogP contribution >= 0.6 is 0 Å². The average Bonchev–Trinajstić information content (AvgIpc) is 2.96. The Morgan fingerprint density at radius 3 is 2.23 bits per heavy atom. The van der Waals surface area contributed by atoms with Crippen molar-refractivity contribution in [3.63, 3.8) is 0 Å². The van der Waals surface area contributed by atoms with Crippen LogP contribution in [0.4, 0.5) is 0 Å². The number of carbonyl (C=O) groups is 2. The van der Waals surface area contributed by atoms with Crippen LogP contribution in [0.25, 0.3) is 6.08 Å². The lowest BCUT2D eigenvalue weighted by atomic mass is 9.77. The number of esters is 1. The highest BCUT2D eigenvalue weighted by atomic mass is 16.5. The van der Waals surface area contributed by atoms with E-state index in [9.17, 15) is 14.9 Å². The second-order valence-electron chi connectivity index (χ2n) is 9.02. The van der Waals surface area contributed by atoms with Crippen molar-refractivity contribution in [2.45, 2.75) is 25.8 Å². The SMILES string of the molecule is CCOC(=O)c1c(CC2(C#N)c3cc(OC)c(OC)cc3C=CN2C(=O)c2ccc(C)cc2)cccc1OC. The Morgan fingerprint density at radius 1 is 0.949 bits per heavy atom. The smallest absolute Gasteiger partial charge is 0.342 e. The number of hydrogen-bond donors (Lipinski definition) is 0. The molecule has 0 aromatic heterocycles. The number of ether oxygens (including phenoxy) is 4. The molecule has 0 radical (unpaired) electrons. The van der Waals surface area contributed by atoms with Crippen molar-refractivity contribution in [2.75, 3.05) is 27.9 Å². The average molecular weight is 527 g/mol. The summed E-state index contributed by atoms with van der Waals surface area (Å²) < 4.78 is 21.9. The third kappa shape index (κ3) is 4.91. The van der Waals surface area contributed by atoms with E-state index in [-0.39, 0.29) is 24.5 Å². The summed E-state index contributed by atoms with van der Waals surface area (Å²) in [7, 11) is 4.50. The van der Waals surface area contributed by atoms with Gasteiger partial charge in [0.05, 0.1) is 34.0 Å². The molecule has 1 heterocycles. The van der Waals surface area contributed by atoms with Crippen molar-refractivity contribution in [1.82, 2.24) is 4.90 Å². The van der Waals surface area contributed by atoms with Gasteiger partial charge in [0.1, 0.15) is 11.3 Å². The highest BCUT2D eigenvalue weighted by Crippen LogP contribution is 2.45. The predicted octanol–water partition coefficient (Wildman–Crippen LogP) is 5.29. The molecule has 0 N–H and O–H groups in total. The van der Waals surface area contributed by atoms with E-state index in [2.05, 4.69) is 6.07 Å². The van der Waals surface area contributed by atoms with Gasteiger partial charge in [-0.05, 0) is 61.4 Å². The Bertz CT molecular complexity index is 1470. The van der Waals surface area contributed by atoms with Crippen molar-refractivity contribution in [2.24, 2.45) is 0 Å². The van der Waals surface area contributed by atoms with Crippen molar-refractivity contribution >= 4 is 18.0 Å². The summed E-state index contributed by atoms with van der Waals surface area (Å²) in [6, 6.07) is 18.2. The standard InChI is InChI=1S/C31H30N2O6/c1-6-39-30(35)28-23(8-7-9-25(28)36-3)18-31(19-32)24-17-27(38-5)26(37-4)16-22(24)14-15-33(31)29(34)21-12-10-20(2)11-13-21/h7-17H,6,18H2,1-5H3. The van der Waals surface area contributed by atoms with Crippen LogP contribution in [-0.2, 0) is 16.7 Å². The van der Waals surface area contributed by atoms with Gasteiger partial charge in [0.25, 0.3) is 5.91 Å². The Hall–Kier alpha value is -4.77. The Balaban J connectivity index is 1.97. The fourth-order valence-corrected chi connectivity index (χ4v) is 4.82. The molecule has 0 fully saturated rings. The first-order valence-electron chi connectivity index (χ1n) is 12.4. The highest BCUT2D eigenvalue weighted by molar-refractivity contribution is 5.97. The van der Waals surface area contributed by atoms with E-state index < -0.39 is 11.5 Å². The zero-order valence-corrected chi connectivity index (χ0v) is 22.6. The Morgan fingerprint density at radius 2 is 1.62 bits per heavy atom. The third-order valence-electron chi connectivity index (χ3n) is 6.78. The molecular weight excluding hydrogens is 496 g/mol. The maximum Gasteiger partial charge on any atom is 0.342 e. The quantitative estimate of drug-likeness (QED) is 0.368. The molecular formula is C31H30N2O6. The summed E-state index contributed by atoms with van der Waals surface area (Å²) in [5.41, 5.74) is 1.78. The number of nitriles is 1. The third-order valence-corrected chi connectivity index (χ3v) is 6.78. The van der Waals surface area contributed by atoms with Crippen molar-refractivity contribution in [3.8, 4) is 23.3 Å². The molecule has 0 saturated carbocycles. The number of nitrogens with zero attached hydrogens (tertiary/aromatic N) is 2. The van der Waals surface area contributed by atoms with Gasteiger partial charge in [-0.15, -0.1) is 0 Å². The molecule has 1 aliphatic heterocycles. The fraction of sp³-hybridized carbons (Fsp3) is 0.258. The van der Waals surface area contributed by atoms with Crippen LogP contribution in [0.5, 0.6) is 17.2 Å². The molecule has 0 spiro atoms. The van der Waals surface area contributed by atoms with Crippen molar-refractivity contribution in [1.29, 1.82) is 5.26 Å². The lowest BCUT2D eigenvalue weighted by Crippen LogP contribution is -2.49. The molecule has 200 valence electrons. The molecule has 0 aliphatic carbocycles. The molecule has 3 aromatic rings. The lowest BCUT2D eigenvalue weighted by molar-refractivity contribution is 0.0520. The van der Waals surface area contributed by atoms with E-state index in [0.717, 1.165) is 5.56 Å². The van der Waals surface area contributed by atoms with Crippen molar-refractivity contribution in [3.05, 3.63) is 94.2 Å². The summed E-state index contributed by atoms with van der Waals surface area (Å²) in [5, 5.41) is 10.9. The first kappa shape index (κ1) is 27.3. The number of amides is 1. The predicted molar refractivity (Wildman–Crippen MR) is 146 cm³/mol. The maximum atomic E-state index is 14.0.